The van der Waals surface area contributed by atoms with Gasteiger partial charge in [0, 0.05) is 0 Å². The zero-order valence-electron chi connectivity index (χ0n) is 27.3. The lowest BCUT2D eigenvalue weighted by atomic mass is 9.89. The molecule has 240 valence electrons. The Morgan fingerprint density at radius 3 is 0.825 bits per heavy atom. The van der Waals surface area contributed by atoms with Gasteiger partial charge < -0.3 is 5.11 Å². The molecule has 0 rings (SSSR count). The number of carbonyl (C=O) groups excluding carboxylic acids is 1. The summed E-state index contributed by atoms with van der Waals surface area (Å²) < 4.78 is 0. The van der Waals surface area contributed by atoms with Gasteiger partial charge in [0.15, 0.2) is 5.60 Å². The summed E-state index contributed by atoms with van der Waals surface area (Å²) in [5.41, 5.74) is -1.53. The minimum atomic E-state index is -1.53. The van der Waals surface area contributed by atoms with E-state index in [2.05, 4.69) is 18.7 Å². The topological polar surface area (TPSA) is 66.8 Å². The molecule has 1 unspecified atom stereocenters. The second kappa shape index (κ2) is 31.3. The van der Waals surface area contributed by atoms with Crippen LogP contribution in [0.25, 0.3) is 0 Å². The molecule has 0 bridgehead atoms. The maximum Gasteiger partial charge on any atom is 0.373 e. The minimum absolute atomic E-state index is 0.392. The number of hydrogen-bond donors (Lipinski definition) is 2. The molecule has 0 aliphatic rings. The quantitative estimate of drug-likeness (QED) is 0.0469. The Hall–Kier alpha value is -0.610. The molecule has 0 aromatic carbocycles. The van der Waals surface area contributed by atoms with Crippen LogP contribution in [0, 0.1) is 0 Å². The maximum atomic E-state index is 12.1. The number of hydrogen-bond acceptors (Lipinski definition) is 4. The van der Waals surface area contributed by atoms with Crippen LogP contribution < -0.4 is 0 Å². The van der Waals surface area contributed by atoms with Crippen molar-refractivity contribution in [3.05, 3.63) is 0 Å². The van der Waals surface area contributed by atoms with E-state index in [0.717, 1.165) is 38.5 Å². The maximum absolute atomic E-state index is 12.1. The third kappa shape index (κ3) is 26.3. The Morgan fingerprint density at radius 2 is 0.625 bits per heavy atom. The lowest BCUT2D eigenvalue weighted by molar-refractivity contribution is -0.252. The van der Waals surface area contributed by atoms with Crippen molar-refractivity contribution in [2.45, 2.75) is 225 Å². The zero-order chi connectivity index (χ0) is 29.4. The van der Waals surface area contributed by atoms with E-state index in [-0.39, 0.29) is 0 Å². The van der Waals surface area contributed by atoms with Crippen LogP contribution in [0.3, 0.4) is 0 Å². The second-order valence-electron chi connectivity index (χ2n) is 12.8. The Morgan fingerprint density at radius 1 is 0.425 bits per heavy atom. The number of carbonyl (C=O) groups is 1. The molecule has 0 saturated carbocycles. The molecule has 2 N–H and O–H groups in total. The van der Waals surface area contributed by atoms with Crippen molar-refractivity contribution in [2.24, 2.45) is 0 Å². The van der Waals surface area contributed by atoms with Crippen LogP contribution in [0.2, 0.25) is 0 Å². The van der Waals surface area contributed by atoms with Crippen LogP contribution >= 0.6 is 0 Å². The highest BCUT2D eigenvalue weighted by molar-refractivity contribution is 5.78. The zero-order valence-corrected chi connectivity index (χ0v) is 27.3. The van der Waals surface area contributed by atoms with Gasteiger partial charge in [0.2, 0.25) is 0 Å². The summed E-state index contributed by atoms with van der Waals surface area (Å²) in [6.07, 6.45) is 39.5. The Balaban J connectivity index is 3.64. The number of aliphatic hydroxyl groups is 1. The molecule has 0 fully saturated rings. The highest BCUT2D eigenvalue weighted by Crippen LogP contribution is 2.25. The van der Waals surface area contributed by atoms with Crippen LogP contribution in [0.4, 0.5) is 0 Å². The molecule has 0 saturated heterocycles. The van der Waals surface area contributed by atoms with Crippen LogP contribution in [-0.4, -0.2) is 21.9 Å². The third-order valence-electron chi connectivity index (χ3n) is 8.85. The van der Waals surface area contributed by atoms with E-state index in [1.165, 1.54) is 154 Å². The van der Waals surface area contributed by atoms with Gasteiger partial charge in [0.1, 0.15) is 0 Å². The summed E-state index contributed by atoms with van der Waals surface area (Å²) >= 11 is 0. The Labute approximate surface area is 250 Å². The van der Waals surface area contributed by atoms with Gasteiger partial charge in [-0.05, 0) is 25.7 Å². The van der Waals surface area contributed by atoms with E-state index in [0.29, 0.717) is 12.8 Å². The Kier molecular flexibility index (Phi) is 30.9. The molecule has 0 radical (unpaired) electrons. The van der Waals surface area contributed by atoms with E-state index < -0.39 is 11.6 Å². The van der Waals surface area contributed by atoms with E-state index in [1.54, 1.807) is 0 Å². The minimum Gasteiger partial charge on any atom is -0.378 e. The molecule has 4 nitrogen and oxygen atoms in total. The van der Waals surface area contributed by atoms with E-state index in [9.17, 15) is 9.90 Å². The standard InChI is InChI=1S/C36H72O4/c1-3-5-7-9-11-13-15-17-19-20-22-24-26-28-30-32-34-36(38,35(37)40-39)33-31-29-27-25-23-21-18-16-14-12-10-8-6-4-2/h38-39H,3-34H2,1-2H3. The third-order valence-corrected chi connectivity index (χ3v) is 8.85. The molecule has 0 spiro atoms. The van der Waals surface area contributed by atoms with E-state index in [1.807, 2.05) is 0 Å². The summed E-state index contributed by atoms with van der Waals surface area (Å²) in [7, 11) is 0. The molecule has 0 aliphatic heterocycles. The van der Waals surface area contributed by atoms with Crippen molar-refractivity contribution in [2.75, 3.05) is 0 Å². The molecular formula is C36H72O4. The second-order valence-corrected chi connectivity index (χ2v) is 12.8. The highest BCUT2D eigenvalue weighted by Gasteiger charge is 2.37. The molecule has 0 aromatic rings. The fraction of sp³-hybridized carbons (Fsp3) is 0.972. The molecule has 0 aromatic heterocycles. The molecule has 4 heteroatoms. The van der Waals surface area contributed by atoms with Crippen LogP contribution in [0.15, 0.2) is 0 Å². The fourth-order valence-electron chi connectivity index (χ4n) is 5.99. The van der Waals surface area contributed by atoms with Crippen molar-refractivity contribution in [3.63, 3.8) is 0 Å². The van der Waals surface area contributed by atoms with Crippen molar-refractivity contribution < 1.29 is 20.0 Å². The summed E-state index contributed by atoms with van der Waals surface area (Å²) in [5.74, 6) is -0.872. The van der Waals surface area contributed by atoms with Gasteiger partial charge in [-0.25, -0.2) is 4.79 Å². The lowest BCUT2D eigenvalue weighted by Crippen LogP contribution is -2.39. The monoisotopic (exact) mass is 569 g/mol. The van der Waals surface area contributed by atoms with Gasteiger partial charge in [-0.2, -0.15) is 5.26 Å². The molecule has 0 aliphatic carbocycles. The smallest absolute Gasteiger partial charge is 0.373 e. The van der Waals surface area contributed by atoms with Crippen molar-refractivity contribution in [3.8, 4) is 0 Å². The largest absolute Gasteiger partial charge is 0.378 e. The summed E-state index contributed by atoms with van der Waals surface area (Å²) in [6.45, 7) is 4.55. The van der Waals surface area contributed by atoms with Crippen LogP contribution in [0.5, 0.6) is 0 Å². The number of rotatable bonds is 33. The molecule has 40 heavy (non-hydrogen) atoms. The first-order chi connectivity index (χ1) is 19.6. The molecule has 0 heterocycles. The van der Waals surface area contributed by atoms with Crippen molar-refractivity contribution in [1.82, 2.24) is 0 Å². The Bertz CT molecular complexity index is 509. The average Bonchev–Trinajstić information content (AvgIpc) is 2.96. The van der Waals surface area contributed by atoms with Crippen LogP contribution in [0.1, 0.15) is 219 Å². The summed E-state index contributed by atoms with van der Waals surface area (Å²) in [6, 6.07) is 0. The molecule has 0 amide bonds. The van der Waals surface area contributed by atoms with Gasteiger partial charge in [-0.15, -0.1) is 0 Å². The summed E-state index contributed by atoms with van der Waals surface area (Å²) in [4.78, 5) is 16.0. The highest BCUT2D eigenvalue weighted by atomic mass is 17.1. The van der Waals surface area contributed by atoms with Gasteiger partial charge >= 0.3 is 5.97 Å². The first kappa shape index (κ1) is 39.4. The van der Waals surface area contributed by atoms with E-state index in [4.69, 9.17) is 5.26 Å². The first-order valence-corrected chi connectivity index (χ1v) is 18.2. The van der Waals surface area contributed by atoms with Crippen molar-refractivity contribution >= 4 is 5.97 Å². The average molecular weight is 569 g/mol. The first-order valence-electron chi connectivity index (χ1n) is 18.2. The molecule has 1 atom stereocenters. The van der Waals surface area contributed by atoms with Crippen LogP contribution in [-0.2, 0) is 9.68 Å². The van der Waals surface area contributed by atoms with Gasteiger partial charge in [-0.1, -0.05) is 194 Å². The molecular weight excluding hydrogens is 496 g/mol. The lowest BCUT2D eigenvalue weighted by Gasteiger charge is -2.24. The van der Waals surface area contributed by atoms with Crippen molar-refractivity contribution in [1.29, 1.82) is 0 Å². The van der Waals surface area contributed by atoms with Gasteiger partial charge in [0.05, 0.1) is 0 Å². The number of unbranched alkanes of at least 4 members (excludes halogenated alkanes) is 28. The fourth-order valence-corrected chi connectivity index (χ4v) is 5.99. The van der Waals surface area contributed by atoms with E-state index >= 15 is 0 Å². The predicted octanol–water partition coefficient (Wildman–Crippen LogP) is 12.3. The normalized spacial score (nSPS) is 13.0. The van der Waals surface area contributed by atoms with Gasteiger partial charge in [-0.3, -0.25) is 4.89 Å². The predicted molar refractivity (Wildman–Crippen MR) is 173 cm³/mol. The SMILES string of the molecule is CCCCCCCCCCCCCCCCCCC(O)(CCCCCCCCCCCCCCCC)C(=O)OO. The summed E-state index contributed by atoms with van der Waals surface area (Å²) in [5, 5.41) is 19.8. The van der Waals surface area contributed by atoms with Gasteiger partial charge in [0.25, 0.3) is 0 Å².